The molecule has 4 heteroatoms. The van der Waals surface area contributed by atoms with Gasteiger partial charge in [0.25, 0.3) is 0 Å². The van der Waals surface area contributed by atoms with Crippen molar-refractivity contribution in [1.29, 1.82) is 0 Å². The van der Waals surface area contributed by atoms with E-state index < -0.39 is 0 Å². The van der Waals surface area contributed by atoms with Crippen LogP contribution in [-0.4, -0.2) is 97.1 Å². The Balaban J connectivity index is 1.36. The van der Waals surface area contributed by atoms with Gasteiger partial charge in [0, 0.05) is 69.2 Å². The Morgan fingerprint density at radius 3 is 1.83 bits per heavy atom. The van der Waals surface area contributed by atoms with Crippen molar-refractivity contribution in [2.75, 3.05) is 66.0 Å². The third kappa shape index (κ3) is 5.03. The molecular weight excluding hydrogens is 440 g/mol. The molecule has 2 atom stereocenters. The van der Waals surface area contributed by atoms with E-state index in [4.69, 9.17) is 0 Å². The summed E-state index contributed by atoms with van der Waals surface area (Å²) < 4.78 is 0. The fraction of sp³-hybridized carbons (Fsp3) is 0.625. The third-order valence-electron chi connectivity index (χ3n) is 10.1. The smallest absolute Gasteiger partial charge is 0.0235 e. The molecule has 5 aliphatic rings. The zero-order valence-electron chi connectivity index (χ0n) is 22.4. The van der Waals surface area contributed by atoms with E-state index in [1.165, 1.54) is 97.4 Å². The molecule has 2 aromatic carbocycles. The number of piperidine rings is 1. The lowest BCUT2D eigenvalue weighted by molar-refractivity contribution is 0.0155. The Kier molecular flexibility index (Phi) is 7.48. The van der Waals surface area contributed by atoms with Crippen LogP contribution in [0, 0.1) is 0 Å². The molecule has 0 unspecified atom stereocenters. The first-order chi connectivity index (χ1) is 17.7. The number of likely N-dealkylation sites (tertiary alicyclic amines) is 1. The van der Waals surface area contributed by atoms with Gasteiger partial charge < -0.3 is 4.90 Å². The highest BCUT2D eigenvalue weighted by Crippen LogP contribution is 2.54. The van der Waals surface area contributed by atoms with E-state index >= 15 is 0 Å². The molecule has 5 fully saturated rings. The summed E-state index contributed by atoms with van der Waals surface area (Å²) in [7, 11) is 2.26. The maximum atomic E-state index is 2.96. The third-order valence-corrected chi connectivity index (χ3v) is 10.1. The lowest BCUT2D eigenvalue weighted by Crippen LogP contribution is -2.56. The highest BCUT2D eigenvalue weighted by Gasteiger charge is 2.53. The summed E-state index contributed by atoms with van der Waals surface area (Å²) in [5.74, 6) is 1.20. The Bertz CT molecular complexity index is 899. The van der Waals surface area contributed by atoms with Crippen LogP contribution in [0.3, 0.4) is 0 Å². The molecule has 0 N–H and O–H groups in total. The standard InChI is InChI=1S/C32H46N4/c1-33-19-21-34(22-20-33)23-24-35-18-15-32(36-16-9-4-10-17-36)25-29(27-11-5-2-6-12-27)31(35)30(26-32)28-13-7-3-8-14-28/h2-3,5-8,11-14,29-31H,4,9-10,15-26H2,1H3/t29-,30-,31?,32?/m0/s1. The van der Waals surface area contributed by atoms with Crippen molar-refractivity contribution in [3.8, 4) is 0 Å². The lowest BCUT2D eigenvalue weighted by atomic mass is 9.63. The summed E-state index contributed by atoms with van der Waals surface area (Å²) in [5, 5.41) is 0. The molecule has 0 aromatic heterocycles. The summed E-state index contributed by atoms with van der Waals surface area (Å²) in [6.45, 7) is 11.1. The van der Waals surface area contributed by atoms with Gasteiger partial charge in [0.05, 0.1) is 0 Å². The molecule has 4 saturated heterocycles. The molecule has 36 heavy (non-hydrogen) atoms. The molecule has 4 aliphatic heterocycles. The lowest BCUT2D eigenvalue weighted by Gasteiger charge is -2.53. The molecule has 194 valence electrons. The van der Waals surface area contributed by atoms with Crippen LogP contribution in [0.25, 0.3) is 0 Å². The highest BCUT2D eigenvalue weighted by atomic mass is 15.3. The number of hydrogen-bond donors (Lipinski definition) is 0. The van der Waals surface area contributed by atoms with Gasteiger partial charge in [-0.15, -0.1) is 0 Å². The van der Waals surface area contributed by atoms with Crippen molar-refractivity contribution in [3.05, 3.63) is 71.8 Å². The average Bonchev–Trinajstić information content (AvgIpc) is 3.22. The largest absolute Gasteiger partial charge is 0.304 e. The Morgan fingerprint density at radius 2 is 1.25 bits per heavy atom. The second-order valence-corrected chi connectivity index (χ2v) is 12.1. The molecule has 4 heterocycles. The van der Waals surface area contributed by atoms with E-state index in [0.717, 1.165) is 0 Å². The van der Waals surface area contributed by atoms with Crippen LogP contribution < -0.4 is 0 Å². The molecule has 4 nitrogen and oxygen atoms in total. The van der Waals surface area contributed by atoms with Crippen molar-refractivity contribution < 1.29 is 0 Å². The van der Waals surface area contributed by atoms with Crippen molar-refractivity contribution in [2.45, 2.75) is 61.9 Å². The van der Waals surface area contributed by atoms with Gasteiger partial charge in [-0.2, -0.15) is 0 Å². The first-order valence-electron chi connectivity index (χ1n) is 14.7. The Morgan fingerprint density at radius 1 is 0.667 bits per heavy atom. The molecule has 0 spiro atoms. The molecule has 1 aliphatic carbocycles. The van der Waals surface area contributed by atoms with Crippen LogP contribution in [0.2, 0.25) is 0 Å². The van der Waals surface area contributed by atoms with E-state index in [2.05, 4.69) is 87.3 Å². The number of nitrogens with zero attached hydrogens (tertiary/aromatic N) is 4. The molecule has 0 amide bonds. The van der Waals surface area contributed by atoms with Crippen LogP contribution in [0.5, 0.6) is 0 Å². The van der Waals surface area contributed by atoms with Crippen molar-refractivity contribution in [1.82, 2.24) is 19.6 Å². The molecule has 2 bridgehead atoms. The maximum absolute atomic E-state index is 2.96. The van der Waals surface area contributed by atoms with Crippen molar-refractivity contribution in [3.63, 3.8) is 0 Å². The van der Waals surface area contributed by atoms with Gasteiger partial charge in [-0.3, -0.25) is 14.7 Å². The molecule has 2 aromatic rings. The SMILES string of the molecule is CN1CCN(CCN2CCC3(N4CCCCC4)C[C@@H](c4ccccc4)C2[C@H](c2ccccc2)C3)CC1. The van der Waals surface area contributed by atoms with Gasteiger partial charge >= 0.3 is 0 Å². The second-order valence-electron chi connectivity index (χ2n) is 12.1. The number of benzene rings is 2. The Hall–Kier alpha value is -1.72. The van der Waals surface area contributed by atoms with E-state index in [1.807, 2.05) is 0 Å². The molecular formula is C32H46N4. The minimum absolute atomic E-state index is 0.334. The van der Waals surface area contributed by atoms with Crippen LogP contribution in [0.15, 0.2) is 60.7 Å². The highest BCUT2D eigenvalue weighted by molar-refractivity contribution is 5.32. The van der Waals surface area contributed by atoms with Gasteiger partial charge in [0.1, 0.15) is 0 Å². The molecule has 0 radical (unpaired) electrons. The predicted molar refractivity (Wildman–Crippen MR) is 150 cm³/mol. The number of fused-ring (bicyclic) bond motifs is 4. The second kappa shape index (κ2) is 10.9. The summed E-state index contributed by atoms with van der Waals surface area (Å²) in [5.41, 5.74) is 3.47. The van der Waals surface area contributed by atoms with E-state index in [-0.39, 0.29) is 0 Å². The van der Waals surface area contributed by atoms with Gasteiger partial charge in [0.15, 0.2) is 0 Å². The van der Waals surface area contributed by atoms with Crippen LogP contribution >= 0.6 is 0 Å². The maximum Gasteiger partial charge on any atom is 0.0235 e. The quantitative estimate of drug-likeness (QED) is 0.576. The van der Waals surface area contributed by atoms with Gasteiger partial charge in [-0.1, -0.05) is 67.1 Å². The summed E-state index contributed by atoms with van der Waals surface area (Å²) >= 11 is 0. The predicted octanol–water partition coefficient (Wildman–Crippen LogP) is 4.89. The summed E-state index contributed by atoms with van der Waals surface area (Å²) in [6, 6.07) is 23.8. The van der Waals surface area contributed by atoms with Crippen LogP contribution in [0.1, 0.15) is 61.5 Å². The number of hydrogen-bond acceptors (Lipinski definition) is 4. The van der Waals surface area contributed by atoms with Crippen LogP contribution in [0.4, 0.5) is 0 Å². The monoisotopic (exact) mass is 486 g/mol. The van der Waals surface area contributed by atoms with Crippen molar-refractivity contribution in [2.24, 2.45) is 0 Å². The normalized spacial score (nSPS) is 33.0. The van der Waals surface area contributed by atoms with Crippen molar-refractivity contribution >= 4 is 0 Å². The number of likely N-dealkylation sites (N-methyl/N-ethyl adjacent to an activating group) is 1. The van der Waals surface area contributed by atoms with Gasteiger partial charge in [-0.25, -0.2) is 0 Å². The molecule has 1 saturated carbocycles. The van der Waals surface area contributed by atoms with E-state index in [9.17, 15) is 0 Å². The van der Waals surface area contributed by atoms with Crippen LogP contribution in [-0.2, 0) is 0 Å². The van der Waals surface area contributed by atoms with E-state index in [0.29, 0.717) is 23.4 Å². The summed E-state index contributed by atoms with van der Waals surface area (Å²) in [4.78, 5) is 11.1. The van der Waals surface area contributed by atoms with Gasteiger partial charge in [-0.05, 0) is 63.4 Å². The van der Waals surface area contributed by atoms with Gasteiger partial charge in [0.2, 0.25) is 0 Å². The fourth-order valence-electron chi connectivity index (χ4n) is 8.06. The average molecular weight is 487 g/mol. The zero-order valence-corrected chi connectivity index (χ0v) is 22.4. The fourth-order valence-corrected chi connectivity index (χ4v) is 8.06. The zero-order chi connectivity index (χ0) is 24.4. The molecule has 7 rings (SSSR count). The first kappa shape index (κ1) is 24.6. The number of piperazine rings is 1. The minimum atomic E-state index is 0.334. The minimum Gasteiger partial charge on any atom is -0.304 e. The summed E-state index contributed by atoms with van der Waals surface area (Å²) in [6.07, 6.45) is 8.16. The first-order valence-corrected chi connectivity index (χ1v) is 14.7. The van der Waals surface area contributed by atoms with E-state index in [1.54, 1.807) is 11.1 Å². The number of rotatable bonds is 6. The topological polar surface area (TPSA) is 13.0 Å². The Labute approximate surface area is 219 Å².